The third kappa shape index (κ3) is 3.12. The molecule has 1 saturated heterocycles. The van der Waals surface area contributed by atoms with Crippen molar-refractivity contribution in [1.82, 2.24) is 9.80 Å². The van der Waals surface area contributed by atoms with Gasteiger partial charge < -0.3 is 4.90 Å². The smallest absolute Gasteiger partial charge is 0.109 e. The minimum atomic E-state index is -0.164. The Balaban J connectivity index is 2.00. The van der Waals surface area contributed by atoms with E-state index in [-0.39, 0.29) is 5.54 Å². The molecule has 0 amide bonds. The molecule has 3 heteroatoms. The first-order chi connectivity index (χ1) is 8.87. The van der Waals surface area contributed by atoms with Crippen molar-refractivity contribution in [3.63, 3.8) is 0 Å². The van der Waals surface area contributed by atoms with Gasteiger partial charge in [0.2, 0.25) is 0 Å². The van der Waals surface area contributed by atoms with Crippen molar-refractivity contribution in [3.05, 3.63) is 0 Å². The molecule has 0 N–H and O–H groups in total. The number of hydrogen-bond donors (Lipinski definition) is 0. The zero-order chi connectivity index (χ0) is 14.1. The van der Waals surface area contributed by atoms with Crippen LogP contribution in [-0.2, 0) is 0 Å². The van der Waals surface area contributed by atoms with E-state index in [1.165, 1.54) is 12.8 Å². The molecule has 1 heterocycles. The van der Waals surface area contributed by atoms with Crippen LogP contribution in [-0.4, -0.2) is 48.6 Å². The monoisotopic (exact) mass is 263 g/mol. The normalized spacial score (nSPS) is 35.0. The van der Waals surface area contributed by atoms with Crippen molar-refractivity contribution >= 4 is 0 Å². The molecule has 1 saturated carbocycles. The Kier molecular flexibility index (Phi) is 4.23. The summed E-state index contributed by atoms with van der Waals surface area (Å²) in [7, 11) is 2.17. The number of hydrogen-bond acceptors (Lipinski definition) is 3. The Labute approximate surface area is 118 Å². The minimum absolute atomic E-state index is 0.164. The van der Waals surface area contributed by atoms with Gasteiger partial charge in [-0.05, 0) is 44.1 Å². The first-order valence-corrected chi connectivity index (χ1v) is 7.72. The molecule has 1 aliphatic carbocycles. The number of nitriles is 1. The molecular weight excluding hydrogens is 234 g/mol. The molecule has 0 bridgehead atoms. The quantitative estimate of drug-likeness (QED) is 0.729. The van der Waals surface area contributed by atoms with Crippen LogP contribution >= 0.6 is 0 Å². The van der Waals surface area contributed by atoms with Crippen LogP contribution in [0.2, 0.25) is 0 Å². The summed E-state index contributed by atoms with van der Waals surface area (Å²) in [5, 5.41) is 9.74. The van der Waals surface area contributed by atoms with Crippen molar-refractivity contribution in [2.45, 2.75) is 52.0 Å². The zero-order valence-corrected chi connectivity index (χ0v) is 13.1. The van der Waals surface area contributed by atoms with Crippen LogP contribution in [0, 0.1) is 22.7 Å². The molecule has 2 rings (SSSR count). The highest BCUT2D eigenvalue weighted by Crippen LogP contribution is 2.43. The Bertz CT molecular complexity index is 334. The largest absolute Gasteiger partial charge is 0.304 e. The highest BCUT2D eigenvalue weighted by Gasteiger charge is 2.43. The fourth-order valence-electron chi connectivity index (χ4n) is 3.69. The lowest BCUT2D eigenvalue weighted by Gasteiger charge is -2.48. The van der Waals surface area contributed by atoms with Gasteiger partial charge in [-0.15, -0.1) is 0 Å². The summed E-state index contributed by atoms with van der Waals surface area (Å²) in [5.74, 6) is 0.779. The maximum atomic E-state index is 9.74. The Morgan fingerprint density at radius 3 is 2.00 bits per heavy atom. The van der Waals surface area contributed by atoms with Crippen LogP contribution in [0.1, 0.15) is 46.5 Å². The Morgan fingerprint density at radius 1 is 1.05 bits per heavy atom. The van der Waals surface area contributed by atoms with E-state index in [2.05, 4.69) is 43.7 Å². The first-order valence-electron chi connectivity index (χ1n) is 7.72. The second-order valence-electron chi connectivity index (χ2n) is 7.57. The summed E-state index contributed by atoms with van der Waals surface area (Å²) in [5.41, 5.74) is 0.229. The highest BCUT2D eigenvalue weighted by atomic mass is 15.3. The molecule has 1 aliphatic heterocycles. The van der Waals surface area contributed by atoms with Gasteiger partial charge in [0.05, 0.1) is 6.07 Å². The highest BCUT2D eigenvalue weighted by molar-refractivity contribution is 5.11. The van der Waals surface area contributed by atoms with Crippen LogP contribution < -0.4 is 0 Å². The third-order valence-electron chi connectivity index (χ3n) is 5.35. The maximum Gasteiger partial charge on any atom is 0.109 e. The second-order valence-corrected chi connectivity index (χ2v) is 7.57. The van der Waals surface area contributed by atoms with Crippen molar-refractivity contribution in [3.8, 4) is 6.07 Å². The molecule has 0 aromatic heterocycles. The van der Waals surface area contributed by atoms with Crippen molar-refractivity contribution in [2.75, 3.05) is 33.2 Å². The molecule has 0 atom stereocenters. The average molecular weight is 263 g/mol. The van der Waals surface area contributed by atoms with E-state index >= 15 is 0 Å². The molecule has 0 radical (unpaired) electrons. The molecule has 0 unspecified atom stereocenters. The molecule has 0 aromatic rings. The first kappa shape index (κ1) is 14.8. The van der Waals surface area contributed by atoms with Gasteiger partial charge in [0.15, 0.2) is 0 Å². The summed E-state index contributed by atoms with van der Waals surface area (Å²) in [6.07, 6.45) is 4.55. The van der Waals surface area contributed by atoms with Gasteiger partial charge in [-0.25, -0.2) is 0 Å². The number of piperazine rings is 1. The van der Waals surface area contributed by atoms with E-state index in [4.69, 9.17) is 0 Å². The fourth-order valence-corrected chi connectivity index (χ4v) is 3.69. The van der Waals surface area contributed by atoms with E-state index in [0.717, 1.165) is 44.9 Å². The zero-order valence-electron chi connectivity index (χ0n) is 13.1. The molecule has 19 heavy (non-hydrogen) atoms. The standard InChI is InChI=1S/C16H29N3/c1-15(2,3)14-5-7-16(13-17,8-6-14)19-11-9-18(4)10-12-19/h14H,5-12H2,1-4H3. The van der Waals surface area contributed by atoms with Crippen molar-refractivity contribution in [1.29, 1.82) is 5.26 Å². The predicted molar refractivity (Wildman–Crippen MR) is 78.8 cm³/mol. The summed E-state index contributed by atoms with van der Waals surface area (Å²) in [4.78, 5) is 4.83. The van der Waals surface area contributed by atoms with Crippen molar-refractivity contribution < 1.29 is 0 Å². The minimum Gasteiger partial charge on any atom is -0.304 e. The van der Waals surface area contributed by atoms with E-state index in [0.29, 0.717) is 5.41 Å². The molecule has 3 nitrogen and oxygen atoms in total. The summed E-state index contributed by atoms with van der Waals surface area (Å²) >= 11 is 0. The van der Waals surface area contributed by atoms with E-state index in [1.807, 2.05) is 0 Å². The molecular formula is C16H29N3. The predicted octanol–water partition coefficient (Wildman–Crippen LogP) is 2.73. The molecule has 108 valence electrons. The summed E-state index contributed by atoms with van der Waals surface area (Å²) in [6.45, 7) is 11.3. The van der Waals surface area contributed by atoms with Crippen LogP contribution in [0.5, 0.6) is 0 Å². The SMILES string of the molecule is CN1CCN(C2(C#N)CCC(C(C)(C)C)CC2)CC1. The second kappa shape index (κ2) is 5.42. The molecule has 0 spiro atoms. The lowest BCUT2D eigenvalue weighted by Crippen LogP contribution is -2.57. The topological polar surface area (TPSA) is 30.3 Å². The van der Waals surface area contributed by atoms with Gasteiger partial charge in [-0.2, -0.15) is 5.26 Å². The summed E-state index contributed by atoms with van der Waals surface area (Å²) in [6, 6.07) is 2.68. The lowest BCUT2D eigenvalue weighted by atomic mass is 9.67. The van der Waals surface area contributed by atoms with Crippen molar-refractivity contribution in [2.24, 2.45) is 11.3 Å². The van der Waals surface area contributed by atoms with Crippen LogP contribution in [0.4, 0.5) is 0 Å². The van der Waals surface area contributed by atoms with Gasteiger partial charge in [-0.1, -0.05) is 20.8 Å². The van der Waals surface area contributed by atoms with E-state index in [1.54, 1.807) is 0 Å². The Hall–Kier alpha value is -0.590. The number of rotatable bonds is 1. The van der Waals surface area contributed by atoms with Gasteiger partial charge in [-0.3, -0.25) is 4.90 Å². The van der Waals surface area contributed by atoms with Gasteiger partial charge in [0.1, 0.15) is 5.54 Å². The van der Waals surface area contributed by atoms with Gasteiger partial charge in [0, 0.05) is 26.2 Å². The number of nitrogens with zero attached hydrogens (tertiary/aromatic N) is 3. The lowest BCUT2D eigenvalue weighted by molar-refractivity contribution is 0.0234. The van der Waals surface area contributed by atoms with Gasteiger partial charge >= 0.3 is 0 Å². The van der Waals surface area contributed by atoms with Crippen LogP contribution in [0.15, 0.2) is 0 Å². The van der Waals surface area contributed by atoms with Gasteiger partial charge in [0.25, 0.3) is 0 Å². The number of likely N-dealkylation sites (N-methyl/N-ethyl adjacent to an activating group) is 1. The maximum absolute atomic E-state index is 9.74. The van der Waals surface area contributed by atoms with E-state index < -0.39 is 0 Å². The van der Waals surface area contributed by atoms with Crippen LogP contribution in [0.3, 0.4) is 0 Å². The average Bonchev–Trinajstić information content (AvgIpc) is 2.38. The summed E-state index contributed by atoms with van der Waals surface area (Å²) < 4.78 is 0. The molecule has 0 aromatic carbocycles. The molecule has 2 fully saturated rings. The fraction of sp³-hybridized carbons (Fsp3) is 0.938. The van der Waals surface area contributed by atoms with Crippen LogP contribution in [0.25, 0.3) is 0 Å². The van der Waals surface area contributed by atoms with E-state index in [9.17, 15) is 5.26 Å². The third-order valence-corrected chi connectivity index (χ3v) is 5.35. The molecule has 2 aliphatic rings. The Morgan fingerprint density at radius 2 is 1.58 bits per heavy atom.